The van der Waals surface area contributed by atoms with E-state index in [-0.39, 0.29) is 0 Å². The Bertz CT molecular complexity index is 455. The van der Waals surface area contributed by atoms with Crippen molar-refractivity contribution in [1.82, 2.24) is 9.38 Å². The number of pyridine rings is 1. The fourth-order valence-electron chi connectivity index (χ4n) is 2.32. The van der Waals surface area contributed by atoms with Gasteiger partial charge in [0, 0.05) is 12.2 Å². The van der Waals surface area contributed by atoms with Crippen LogP contribution in [0.4, 0.5) is 5.82 Å². The molecule has 1 saturated carbocycles. The summed E-state index contributed by atoms with van der Waals surface area (Å²) in [7, 11) is 0. The number of hydrogen-bond donors (Lipinski definition) is 1. The molecule has 0 spiro atoms. The number of fused-ring (bicyclic) bond motifs is 1. The Labute approximate surface area is 89.1 Å². The molecule has 0 saturated heterocycles. The maximum Gasteiger partial charge on any atom is 0.138 e. The van der Waals surface area contributed by atoms with Gasteiger partial charge in [-0.05, 0) is 25.0 Å². The van der Waals surface area contributed by atoms with Gasteiger partial charge in [0.2, 0.25) is 0 Å². The highest BCUT2D eigenvalue weighted by atomic mass is 15.1. The molecule has 1 fully saturated rings. The first-order valence-electron chi connectivity index (χ1n) is 5.62. The summed E-state index contributed by atoms with van der Waals surface area (Å²) in [5.74, 6) is 1.12. The van der Waals surface area contributed by atoms with E-state index in [1.165, 1.54) is 25.7 Å². The Hall–Kier alpha value is -1.51. The van der Waals surface area contributed by atoms with E-state index in [0.29, 0.717) is 6.04 Å². The van der Waals surface area contributed by atoms with Crippen LogP contribution in [0.3, 0.4) is 0 Å². The molecular formula is C12H15N3. The molecule has 1 N–H and O–H groups in total. The minimum Gasteiger partial charge on any atom is -0.367 e. The average molecular weight is 201 g/mol. The summed E-state index contributed by atoms with van der Waals surface area (Å²) in [4.78, 5) is 4.36. The van der Waals surface area contributed by atoms with Gasteiger partial charge in [-0.3, -0.25) is 4.40 Å². The predicted octanol–water partition coefficient (Wildman–Crippen LogP) is 2.69. The zero-order chi connectivity index (χ0) is 10.1. The van der Waals surface area contributed by atoms with Crippen LogP contribution in [0.2, 0.25) is 0 Å². The molecule has 0 radical (unpaired) electrons. The maximum absolute atomic E-state index is 4.36. The maximum atomic E-state index is 4.36. The van der Waals surface area contributed by atoms with Crippen molar-refractivity contribution in [2.75, 3.05) is 5.32 Å². The number of nitrogens with zero attached hydrogens (tertiary/aromatic N) is 2. The van der Waals surface area contributed by atoms with Gasteiger partial charge in [0.05, 0.1) is 6.20 Å². The van der Waals surface area contributed by atoms with E-state index in [4.69, 9.17) is 0 Å². The van der Waals surface area contributed by atoms with Gasteiger partial charge in [-0.2, -0.15) is 0 Å². The van der Waals surface area contributed by atoms with Crippen LogP contribution in [0.5, 0.6) is 0 Å². The lowest BCUT2D eigenvalue weighted by Gasteiger charge is -2.12. The van der Waals surface area contributed by atoms with E-state index in [2.05, 4.69) is 20.9 Å². The van der Waals surface area contributed by atoms with E-state index in [0.717, 1.165) is 11.5 Å². The molecule has 3 rings (SSSR count). The van der Waals surface area contributed by atoms with E-state index in [1.54, 1.807) is 0 Å². The van der Waals surface area contributed by atoms with Gasteiger partial charge in [0.25, 0.3) is 0 Å². The van der Waals surface area contributed by atoms with Crippen LogP contribution in [0, 0.1) is 0 Å². The summed E-state index contributed by atoms with van der Waals surface area (Å²) in [6.45, 7) is 0. The quantitative estimate of drug-likeness (QED) is 0.809. The first kappa shape index (κ1) is 8.77. The summed E-state index contributed by atoms with van der Waals surface area (Å²) in [5.41, 5.74) is 1.01. The van der Waals surface area contributed by atoms with Crippen LogP contribution >= 0.6 is 0 Å². The number of rotatable bonds is 2. The molecular weight excluding hydrogens is 186 g/mol. The minimum atomic E-state index is 0.644. The second-order valence-electron chi connectivity index (χ2n) is 4.20. The molecule has 3 nitrogen and oxygen atoms in total. The van der Waals surface area contributed by atoms with Gasteiger partial charge in [0.1, 0.15) is 11.5 Å². The number of aromatic nitrogens is 2. The molecule has 2 aromatic rings. The Balaban J connectivity index is 1.90. The molecule has 0 amide bonds. The van der Waals surface area contributed by atoms with Crippen LogP contribution in [0.15, 0.2) is 30.6 Å². The van der Waals surface area contributed by atoms with Gasteiger partial charge in [-0.1, -0.05) is 18.9 Å². The van der Waals surface area contributed by atoms with Crippen LogP contribution < -0.4 is 5.32 Å². The molecule has 2 heterocycles. The number of anilines is 1. The third-order valence-electron chi connectivity index (χ3n) is 3.12. The Morgan fingerprint density at radius 3 is 3.00 bits per heavy atom. The normalized spacial score (nSPS) is 17.3. The second-order valence-corrected chi connectivity index (χ2v) is 4.20. The highest BCUT2D eigenvalue weighted by Gasteiger charge is 2.15. The molecule has 0 aliphatic heterocycles. The lowest BCUT2D eigenvalue weighted by atomic mass is 10.2. The fraction of sp³-hybridized carbons (Fsp3) is 0.417. The van der Waals surface area contributed by atoms with E-state index >= 15 is 0 Å². The molecule has 1 aliphatic rings. The lowest BCUT2D eigenvalue weighted by molar-refractivity contribution is 0.749. The molecule has 78 valence electrons. The van der Waals surface area contributed by atoms with Crippen LogP contribution in [-0.2, 0) is 0 Å². The van der Waals surface area contributed by atoms with Gasteiger partial charge < -0.3 is 5.32 Å². The lowest BCUT2D eigenvalue weighted by Crippen LogP contribution is -2.15. The zero-order valence-corrected chi connectivity index (χ0v) is 8.69. The fourth-order valence-corrected chi connectivity index (χ4v) is 2.32. The molecule has 3 heteroatoms. The number of nitrogens with one attached hydrogen (secondary N) is 1. The third kappa shape index (κ3) is 1.58. The van der Waals surface area contributed by atoms with Crippen molar-refractivity contribution in [2.24, 2.45) is 0 Å². The van der Waals surface area contributed by atoms with Crippen molar-refractivity contribution in [3.63, 3.8) is 0 Å². The zero-order valence-electron chi connectivity index (χ0n) is 8.69. The van der Waals surface area contributed by atoms with E-state index in [9.17, 15) is 0 Å². The van der Waals surface area contributed by atoms with Gasteiger partial charge in [0.15, 0.2) is 0 Å². The van der Waals surface area contributed by atoms with Crippen molar-refractivity contribution in [3.05, 3.63) is 30.6 Å². The molecule has 0 bridgehead atoms. The Kier molecular flexibility index (Phi) is 2.09. The number of hydrogen-bond acceptors (Lipinski definition) is 2. The summed E-state index contributed by atoms with van der Waals surface area (Å²) >= 11 is 0. The van der Waals surface area contributed by atoms with Gasteiger partial charge >= 0.3 is 0 Å². The molecule has 15 heavy (non-hydrogen) atoms. The smallest absolute Gasteiger partial charge is 0.138 e. The highest BCUT2D eigenvalue weighted by molar-refractivity contribution is 5.50. The molecule has 2 aromatic heterocycles. The van der Waals surface area contributed by atoms with Crippen molar-refractivity contribution in [3.8, 4) is 0 Å². The standard InChI is InChI=1S/C12H15N3/c1-2-6-10(5-1)14-12-9-13-11-7-3-4-8-15(11)12/h3-4,7-10,14H,1-2,5-6H2. The third-order valence-corrected chi connectivity index (χ3v) is 3.12. The summed E-state index contributed by atoms with van der Waals surface area (Å²) in [6, 6.07) is 6.72. The largest absolute Gasteiger partial charge is 0.367 e. The monoisotopic (exact) mass is 201 g/mol. The van der Waals surface area contributed by atoms with Gasteiger partial charge in [-0.25, -0.2) is 4.98 Å². The minimum absolute atomic E-state index is 0.644. The van der Waals surface area contributed by atoms with Gasteiger partial charge in [-0.15, -0.1) is 0 Å². The predicted molar refractivity (Wildman–Crippen MR) is 61.1 cm³/mol. The van der Waals surface area contributed by atoms with Crippen LogP contribution in [-0.4, -0.2) is 15.4 Å². The number of imidazole rings is 1. The van der Waals surface area contributed by atoms with E-state index in [1.807, 2.05) is 24.4 Å². The molecule has 0 unspecified atom stereocenters. The van der Waals surface area contributed by atoms with Crippen molar-refractivity contribution < 1.29 is 0 Å². The SMILES string of the molecule is c1ccn2c(NC3CCCC3)cnc2c1. The molecule has 1 aliphatic carbocycles. The first-order chi connectivity index (χ1) is 7.43. The average Bonchev–Trinajstić information content (AvgIpc) is 2.89. The first-order valence-corrected chi connectivity index (χ1v) is 5.62. The Morgan fingerprint density at radius 2 is 2.13 bits per heavy atom. The highest BCUT2D eigenvalue weighted by Crippen LogP contribution is 2.22. The summed E-state index contributed by atoms with van der Waals surface area (Å²) < 4.78 is 2.11. The van der Waals surface area contributed by atoms with Crippen molar-refractivity contribution >= 4 is 11.5 Å². The van der Waals surface area contributed by atoms with Crippen molar-refractivity contribution in [1.29, 1.82) is 0 Å². The second kappa shape index (κ2) is 3.57. The van der Waals surface area contributed by atoms with Crippen LogP contribution in [0.25, 0.3) is 5.65 Å². The van der Waals surface area contributed by atoms with Crippen LogP contribution in [0.1, 0.15) is 25.7 Å². The Morgan fingerprint density at radius 1 is 1.27 bits per heavy atom. The van der Waals surface area contributed by atoms with Crippen molar-refractivity contribution in [2.45, 2.75) is 31.7 Å². The topological polar surface area (TPSA) is 29.3 Å². The molecule has 0 atom stereocenters. The summed E-state index contributed by atoms with van der Waals surface area (Å²) in [6.07, 6.45) is 9.27. The summed E-state index contributed by atoms with van der Waals surface area (Å²) in [5, 5.41) is 3.56. The van der Waals surface area contributed by atoms with E-state index < -0.39 is 0 Å². The molecule has 0 aromatic carbocycles.